The lowest BCUT2D eigenvalue weighted by Crippen LogP contribution is -2.37. The van der Waals surface area contributed by atoms with Crippen molar-refractivity contribution in [1.29, 1.82) is 0 Å². The minimum Gasteiger partial charge on any atom is -0.497 e. The maximum atomic E-state index is 12.6. The number of ether oxygens (including phenoxy) is 2. The largest absolute Gasteiger partial charge is 0.497 e. The first-order chi connectivity index (χ1) is 12.9. The lowest BCUT2D eigenvalue weighted by atomic mass is 10.3. The third-order valence-electron chi connectivity index (χ3n) is 4.21. The zero-order valence-electron chi connectivity index (χ0n) is 15.3. The standard InChI is InChI=1S/C17H19N5O5/c1-20-14-13(15(24)21(2)17(20)25)22(9-12(23)27-4)16(19-14)18-10-5-7-11(26-3)8-6-10/h5-8H,9H2,1-4H3,(H,18,19). The Morgan fingerprint density at radius 3 is 2.37 bits per heavy atom. The van der Waals surface area contributed by atoms with Crippen LogP contribution in [0.3, 0.4) is 0 Å². The zero-order chi connectivity index (χ0) is 19.7. The summed E-state index contributed by atoms with van der Waals surface area (Å²) in [5, 5.41) is 3.06. The summed E-state index contributed by atoms with van der Waals surface area (Å²) in [5.74, 6) is 0.363. The molecule has 27 heavy (non-hydrogen) atoms. The van der Waals surface area contributed by atoms with E-state index < -0.39 is 17.2 Å². The van der Waals surface area contributed by atoms with Gasteiger partial charge in [-0.05, 0) is 24.3 Å². The second-order valence-corrected chi connectivity index (χ2v) is 5.83. The Morgan fingerprint density at radius 2 is 1.78 bits per heavy atom. The van der Waals surface area contributed by atoms with Crippen molar-refractivity contribution in [2.75, 3.05) is 19.5 Å². The van der Waals surface area contributed by atoms with Crippen LogP contribution in [-0.2, 0) is 30.2 Å². The van der Waals surface area contributed by atoms with E-state index in [2.05, 4.69) is 10.3 Å². The molecule has 0 saturated heterocycles. The number of hydrogen-bond acceptors (Lipinski definition) is 7. The van der Waals surface area contributed by atoms with Crippen molar-refractivity contribution >= 4 is 28.8 Å². The normalized spacial score (nSPS) is 10.8. The minimum absolute atomic E-state index is 0.126. The van der Waals surface area contributed by atoms with Crippen LogP contribution in [0.25, 0.3) is 11.2 Å². The van der Waals surface area contributed by atoms with Crippen LogP contribution in [0.15, 0.2) is 33.9 Å². The summed E-state index contributed by atoms with van der Waals surface area (Å²) >= 11 is 0. The first-order valence-corrected chi connectivity index (χ1v) is 8.01. The molecule has 2 aromatic heterocycles. The van der Waals surface area contributed by atoms with Gasteiger partial charge >= 0.3 is 11.7 Å². The van der Waals surface area contributed by atoms with Crippen molar-refractivity contribution in [3.63, 3.8) is 0 Å². The van der Waals surface area contributed by atoms with Gasteiger partial charge in [-0.3, -0.25) is 23.3 Å². The van der Waals surface area contributed by atoms with Crippen LogP contribution in [-0.4, -0.2) is 38.9 Å². The molecule has 0 aliphatic carbocycles. The number of carbonyl (C=O) groups is 1. The molecule has 10 heteroatoms. The van der Waals surface area contributed by atoms with Gasteiger partial charge in [0.2, 0.25) is 5.95 Å². The number of methoxy groups -OCH3 is 2. The van der Waals surface area contributed by atoms with Gasteiger partial charge in [-0.15, -0.1) is 0 Å². The Morgan fingerprint density at radius 1 is 1.11 bits per heavy atom. The Kier molecular flexibility index (Phi) is 4.72. The molecule has 10 nitrogen and oxygen atoms in total. The van der Waals surface area contributed by atoms with Crippen molar-refractivity contribution in [2.45, 2.75) is 6.54 Å². The highest BCUT2D eigenvalue weighted by molar-refractivity contribution is 5.79. The number of nitrogens with one attached hydrogen (secondary N) is 1. The SMILES string of the molecule is COC(=O)Cn1c(Nc2ccc(OC)cc2)nc2c1c(=O)n(C)c(=O)n2C. The highest BCUT2D eigenvalue weighted by atomic mass is 16.5. The summed E-state index contributed by atoms with van der Waals surface area (Å²) in [5.41, 5.74) is -0.0958. The number of anilines is 2. The Bertz CT molecular complexity index is 1120. The number of carbonyl (C=O) groups excluding carboxylic acids is 1. The molecule has 0 aliphatic rings. The number of rotatable bonds is 5. The summed E-state index contributed by atoms with van der Waals surface area (Å²) < 4.78 is 13.5. The number of aromatic nitrogens is 4. The third-order valence-corrected chi connectivity index (χ3v) is 4.21. The first kappa shape index (κ1) is 18.2. The summed E-state index contributed by atoms with van der Waals surface area (Å²) in [6.45, 7) is -0.237. The first-order valence-electron chi connectivity index (χ1n) is 8.01. The monoisotopic (exact) mass is 373 g/mol. The van der Waals surface area contributed by atoms with E-state index in [4.69, 9.17) is 9.47 Å². The Hall–Kier alpha value is -3.56. The van der Waals surface area contributed by atoms with Crippen LogP contribution >= 0.6 is 0 Å². The second-order valence-electron chi connectivity index (χ2n) is 5.83. The molecule has 1 N–H and O–H groups in total. The van der Waals surface area contributed by atoms with Crippen molar-refractivity contribution in [2.24, 2.45) is 14.1 Å². The molecule has 0 radical (unpaired) electrons. The van der Waals surface area contributed by atoms with E-state index in [0.29, 0.717) is 11.4 Å². The predicted octanol–water partition coefficient (Wildman–Crippen LogP) is 0.359. The molecule has 0 atom stereocenters. The molecule has 2 heterocycles. The molecule has 1 aromatic carbocycles. The summed E-state index contributed by atoms with van der Waals surface area (Å²) in [4.78, 5) is 41.0. The van der Waals surface area contributed by atoms with Crippen molar-refractivity contribution in [3.05, 3.63) is 45.1 Å². The zero-order valence-corrected chi connectivity index (χ0v) is 15.3. The lowest BCUT2D eigenvalue weighted by molar-refractivity contribution is -0.141. The van der Waals surface area contributed by atoms with Gasteiger partial charge in [-0.25, -0.2) is 4.79 Å². The van der Waals surface area contributed by atoms with Crippen LogP contribution in [0.5, 0.6) is 5.75 Å². The Balaban J connectivity index is 2.20. The molecular formula is C17H19N5O5. The van der Waals surface area contributed by atoms with Crippen molar-refractivity contribution in [3.8, 4) is 5.75 Å². The lowest BCUT2D eigenvalue weighted by Gasteiger charge is -2.10. The molecule has 3 rings (SSSR count). The van der Waals surface area contributed by atoms with Crippen LogP contribution in [0.4, 0.5) is 11.6 Å². The fourth-order valence-electron chi connectivity index (χ4n) is 2.69. The maximum Gasteiger partial charge on any atom is 0.332 e. The van der Waals surface area contributed by atoms with Gasteiger partial charge in [0.1, 0.15) is 12.3 Å². The average Bonchev–Trinajstić information content (AvgIpc) is 3.03. The predicted molar refractivity (Wildman–Crippen MR) is 98.5 cm³/mol. The molecule has 142 valence electrons. The number of imidazole rings is 1. The smallest absolute Gasteiger partial charge is 0.332 e. The summed E-state index contributed by atoms with van der Waals surface area (Å²) in [6, 6.07) is 7.03. The van der Waals surface area contributed by atoms with E-state index in [-0.39, 0.29) is 23.7 Å². The Labute approximate surface area is 153 Å². The second kappa shape index (κ2) is 6.98. The molecule has 0 spiro atoms. The number of fused-ring (bicyclic) bond motifs is 1. The van der Waals surface area contributed by atoms with Gasteiger partial charge in [0.15, 0.2) is 11.2 Å². The fraction of sp³-hybridized carbons (Fsp3) is 0.294. The molecular weight excluding hydrogens is 354 g/mol. The highest BCUT2D eigenvalue weighted by Gasteiger charge is 2.21. The number of aryl methyl sites for hydroxylation is 1. The van der Waals surface area contributed by atoms with Crippen molar-refractivity contribution in [1.82, 2.24) is 18.7 Å². The summed E-state index contributed by atoms with van der Waals surface area (Å²) in [6.07, 6.45) is 0. The van der Waals surface area contributed by atoms with Gasteiger partial charge in [-0.1, -0.05) is 0 Å². The third kappa shape index (κ3) is 3.16. The highest BCUT2D eigenvalue weighted by Crippen LogP contribution is 2.22. The van der Waals surface area contributed by atoms with E-state index in [9.17, 15) is 14.4 Å². The van der Waals surface area contributed by atoms with Crippen LogP contribution in [0.1, 0.15) is 0 Å². The molecule has 3 aromatic rings. The van der Waals surface area contributed by atoms with Gasteiger partial charge in [0.25, 0.3) is 5.56 Å². The number of esters is 1. The van der Waals surface area contributed by atoms with Crippen LogP contribution in [0.2, 0.25) is 0 Å². The molecule has 0 bridgehead atoms. The van der Waals surface area contributed by atoms with Gasteiger partial charge in [0, 0.05) is 19.8 Å². The number of nitrogens with zero attached hydrogens (tertiary/aromatic N) is 4. The van der Waals surface area contributed by atoms with Gasteiger partial charge in [0.05, 0.1) is 14.2 Å². The average molecular weight is 373 g/mol. The summed E-state index contributed by atoms with van der Waals surface area (Å²) in [7, 11) is 5.70. The minimum atomic E-state index is -0.553. The molecule has 0 aliphatic heterocycles. The maximum absolute atomic E-state index is 12.6. The molecule has 0 unspecified atom stereocenters. The van der Waals surface area contributed by atoms with E-state index in [0.717, 1.165) is 4.57 Å². The van der Waals surface area contributed by atoms with Crippen LogP contribution < -0.4 is 21.3 Å². The topological polar surface area (TPSA) is 109 Å². The van der Waals surface area contributed by atoms with Gasteiger partial charge < -0.3 is 14.8 Å². The van der Waals surface area contributed by atoms with E-state index in [1.165, 1.54) is 30.3 Å². The number of benzene rings is 1. The van der Waals surface area contributed by atoms with E-state index >= 15 is 0 Å². The quantitative estimate of drug-likeness (QED) is 0.643. The molecule has 0 saturated carbocycles. The van der Waals surface area contributed by atoms with Crippen LogP contribution in [0, 0.1) is 0 Å². The van der Waals surface area contributed by atoms with Crippen molar-refractivity contribution < 1.29 is 14.3 Å². The molecule has 0 fully saturated rings. The molecule has 0 amide bonds. The van der Waals surface area contributed by atoms with E-state index in [1.54, 1.807) is 31.4 Å². The van der Waals surface area contributed by atoms with E-state index in [1.807, 2.05) is 0 Å². The fourth-order valence-corrected chi connectivity index (χ4v) is 2.69. The van der Waals surface area contributed by atoms with Gasteiger partial charge in [-0.2, -0.15) is 4.98 Å². The number of hydrogen-bond donors (Lipinski definition) is 1.